The molecule has 0 saturated carbocycles. The van der Waals surface area contributed by atoms with Crippen LogP contribution in [0.3, 0.4) is 0 Å². The molecule has 0 aromatic carbocycles. The molecule has 0 unspecified atom stereocenters. The number of hydrogen-bond acceptors (Lipinski definition) is 1. The Labute approximate surface area is 60.2 Å². The van der Waals surface area contributed by atoms with Gasteiger partial charge < -0.3 is 4.90 Å². The summed E-state index contributed by atoms with van der Waals surface area (Å²) >= 11 is 0. The van der Waals surface area contributed by atoms with Crippen LogP contribution in [0, 0.1) is 0 Å². The maximum absolute atomic E-state index is 12.0. The molecule has 0 bridgehead atoms. The average molecular weight is 152 g/mol. The van der Waals surface area contributed by atoms with E-state index in [2.05, 4.69) is 0 Å². The first-order chi connectivity index (χ1) is 4.93. The van der Waals surface area contributed by atoms with E-state index in [9.17, 15) is 13.6 Å². The molecule has 1 amide bonds. The second-order valence-electron chi connectivity index (χ2n) is 1.74. The molecule has 0 fully saturated rings. The first-order valence-electron chi connectivity index (χ1n) is 3.60. The van der Waals surface area contributed by atoms with Gasteiger partial charge in [-0.1, -0.05) is 0 Å². The van der Waals surface area contributed by atoms with E-state index in [1.54, 1.807) is 13.8 Å². The molecule has 0 saturated heterocycles. The van der Waals surface area contributed by atoms with Crippen molar-refractivity contribution in [3.63, 3.8) is 0 Å². The van der Waals surface area contributed by atoms with Gasteiger partial charge in [0.2, 0.25) is 0 Å². The van der Waals surface area contributed by atoms with Crippen molar-refractivity contribution in [2.24, 2.45) is 0 Å². The SMILES string of the molecule is [2H]C(F)(F)C(=O)N(CC)CC. The molecule has 0 spiro atoms. The summed E-state index contributed by atoms with van der Waals surface area (Å²) in [5.74, 6) is -1.43. The molecule has 0 aliphatic rings. The van der Waals surface area contributed by atoms with Crippen molar-refractivity contribution < 1.29 is 14.9 Å². The average Bonchev–Trinajstić information content (AvgIpc) is 1.88. The molecule has 0 aliphatic carbocycles. The number of alkyl halides is 2. The van der Waals surface area contributed by atoms with Crippen molar-refractivity contribution in [1.82, 2.24) is 4.90 Å². The Morgan fingerprint density at radius 2 is 2.00 bits per heavy atom. The van der Waals surface area contributed by atoms with E-state index in [4.69, 9.17) is 1.37 Å². The predicted molar refractivity (Wildman–Crippen MR) is 33.9 cm³/mol. The zero-order valence-corrected chi connectivity index (χ0v) is 6.03. The van der Waals surface area contributed by atoms with Gasteiger partial charge in [-0.25, -0.2) is 0 Å². The van der Waals surface area contributed by atoms with Crippen molar-refractivity contribution >= 4 is 5.91 Å². The maximum Gasteiger partial charge on any atom is 0.315 e. The molecule has 0 aromatic rings. The number of hydrogen-bond donors (Lipinski definition) is 0. The van der Waals surface area contributed by atoms with Crippen LogP contribution in [0.1, 0.15) is 15.2 Å². The van der Waals surface area contributed by atoms with Gasteiger partial charge in [0.25, 0.3) is 5.91 Å². The quantitative estimate of drug-likeness (QED) is 0.593. The predicted octanol–water partition coefficient (Wildman–Crippen LogP) is 1.12. The topological polar surface area (TPSA) is 20.3 Å². The highest BCUT2D eigenvalue weighted by atomic mass is 19.3. The van der Waals surface area contributed by atoms with Crippen molar-refractivity contribution in [2.75, 3.05) is 13.1 Å². The van der Waals surface area contributed by atoms with Crippen molar-refractivity contribution in [2.45, 2.75) is 20.2 Å². The third kappa shape index (κ3) is 2.29. The molecular formula is C6H11F2NO. The summed E-state index contributed by atoms with van der Waals surface area (Å²) < 4.78 is 30.2. The first kappa shape index (κ1) is 7.44. The van der Waals surface area contributed by atoms with Gasteiger partial charge in [0, 0.05) is 13.1 Å². The number of carbonyl (C=O) groups excluding carboxylic acids is 1. The van der Waals surface area contributed by atoms with E-state index < -0.39 is 12.3 Å². The fourth-order valence-corrected chi connectivity index (χ4v) is 0.630. The van der Waals surface area contributed by atoms with Crippen LogP contribution >= 0.6 is 0 Å². The molecule has 2 nitrogen and oxygen atoms in total. The fraction of sp³-hybridized carbons (Fsp3) is 0.833. The van der Waals surface area contributed by atoms with Crippen LogP contribution in [0.2, 0.25) is 0 Å². The molecule has 0 aliphatic heterocycles. The van der Waals surface area contributed by atoms with E-state index in [-0.39, 0.29) is 13.1 Å². The first-order valence-corrected chi connectivity index (χ1v) is 3.10. The van der Waals surface area contributed by atoms with Gasteiger partial charge in [-0.05, 0) is 13.8 Å². The summed E-state index contributed by atoms with van der Waals surface area (Å²) in [6, 6.07) is 0. The minimum absolute atomic E-state index is 0.212. The minimum atomic E-state index is -3.98. The van der Waals surface area contributed by atoms with Crippen LogP contribution in [-0.4, -0.2) is 30.3 Å². The Balaban J connectivity index is 4.22. The van der Waals surface area contributed by atoms with Gasteiger partial charge in [-0.2, -0.15) is 8.78 Å². The van der Waals surface area contributed by atoms with Crippen LogP contribution in [0.4, 0.5) is 8.78 Å². The Morgan fingerprint density at radius 1 is 1.60 bits per heavy atom. The van der Waals surface area contributed by atoms with Crippen molar-refractivity contribution in [1.29, 1.82) is 0 Å². The highest BCUT2D eigenvalue weighted by Crippen LogP contribution is 1.99. The molecule has 0 atom stereocenters. The fourth-order valence-electron chi connectivity index (χ4n) is 0.630. The molecule has 0 aromatic heterocycles. The minimum Gasteiger partial charge on any atom is -0.338 e. The second-order valence-corrected chi connectivity index (χ2v) is 1.74. The summed E-state index contributed by atoms with van der Waals surface area (Å²) in [5, 5.41) is 0. The zero-order valence-electron chi connectivity index (χ0n) is 7.03. The summed E-state index contributed by atoms with van der Waals surface area (Å²) in [6.45, 7) is 3.61. The monoisotopic (exact) mass is 152 g/mol. The molecule has 0 rings (SSSR count). The van der Waals surface area contributed by atoms with Gasteiger partial charge in [0.15, 0.2) is 0 Å². The van der Waals surface area contributed by atoms with Crippen LogP contribution in [0.5, 0.6) is 0 Å². The van der Waals surface area contributed by atoms with Crippen LogP contribution < -0.4 is 0 Å². The Bertz CT molecular complexity index is 142. The number of rotatable bonds is 3. The van der Waals surface area contributed by atoms with E-state index in [0.29, 0.717) is 0 Å². The molecule has 60 valence electrons. The Kier molecular flexibility index (Phi) is 3.12. The van der Waals surface area contributed by atoms with E-state index in [1.165, 1.54) is 0 Å². The third-order valence-electron chi connectivity index (χ3n) is 1.21. The largest absolute Gasteiger partial charge is 0.338 e. The second kappa shape index (κ2) is 4.19. The molecule has 0 radical (unpaired) electrons. The van der Waals surface area contributed by atoms with Crippen LogP contribution in [0.25, 0.3) is 0 Å². The van der Waals surface area contributed by atoms with Gasteiger partial charge in [0.1, 0.15) is 1.37 Å². The lowest BCUT2D eigenvalue weighted by Crippen LogP contribution is -2.35. The molecular weight excluding hydrogens is 140 g/mol. The van der Waals surface area contributed by atoms with Crippen molar-refractivity contribution in [3.8, 4) is 0 Å². The molecule has 10 heavy (non-hydrogen) atoms. The maximum atomic E-state index is 12.0. The zero-order chi connectivity index (χ0) is 9.07. The highest BCUT2D eigenvalue weighted by Gasteiger charge is 2.19. The van der Waals surface area contributed by atoms with E-state index >= 15 is 0 Å². The Hall–Kier alpha value is -0.670. The number of nitrogens with zero attached hydrogens (tertiary/aromatic N) is 1. The summed E-state index contributed by atoms with van der Waals surface area (Å²) in [4.78, 5) is 11.5. The summed E-state index contributed by atoms with van der Waals surface area (Å²) in [7, 11) is 0. The van der Waals surface area contributed by atoms with Crippen LogP contribution in [-0.2, 0) is 4.79 Å². The van der Waals surface area contributed by atoms with Crippen LogP contribution in [0.15, 0.2) is 0 Å². The third-order valence-corrected chi connectivity index (χ3v) is 1.21. The number of halogens is 2. The van der Waals surface area contributed by atoms with Gasteiger partial charge >= 0.3 is 6.40 Å². The summed E-state index contributed by atoms with van der Waals surface area (Å²) in [6.07, 6.45) is -3.98. The van der Waals surface area contributed by atoms with Crippen molar-refractivity contribution in [3.05, 3.63) is 0 Å². The Morgan fingerprint density at radius 3 is 2.10 bits per heavy atom. The molecule has 0 heterocycles. The van der Waals surface area contributed by atoms with Gasteiger partial charge in [-0.15, -0.1) is 0 Å². The highest BCUT2D eigenvalue weighted by molar-refractivity contribution is 5.79. The lowest BCUT2D eigenvalue weighted by Gasteiger charge is -2.17. The normalized spacial score (nSPS) is 12.6. The summed E-state index contributed by atoms with van der Waals surface area (Å²) in [5.41, 5.74) is 0. The molecule has 4 heteroatoms. The van der Waals surface area contributed by atoms with E-state index in [0.717, 1.165) is 4.90 Å². The van der Waals surface area contributed by atoms with Gasteiger partial charge in [0.05, 0.1) is 0 Å². The van der Waals surface area contributed by atoms with E-state index in [1.807, 2.05) is 0 Å². The number of carbonyl (C=O) groups is 1. The molecule has 0 N–H and O–H groups in total. The van der Waals surface area contributed by atoms with Gasteiger partial charge in [-0.3, -0.25) is 4.79 Å². The smallest absolute Gasteiger partial charge is 0.315 e. The number of amides is 1. The lowest BCUT2D eigenvalue weighted by molar-refractivity contribution is -0.142. The standard InChI is InChI=1S/C6H11F2NO/c1-3-9(4-2)6(10)5(7)8/h5H,3-4H2,1-2H3/i5D. The lowest BCUT2D eigenvalue weighted by atomic mass is 10.4.